The molecule has 4 nitrogen and oxygen atoms in total. The normalized spacial score (nSPS) is 21.0. The van der Waals surface area contributed by atoms with Crippen molar-refractivity contribution in [2.24, 2.45) is 0 Å². The zero-order valence-electron chi connectivity index (χ0n) is 14.9. The molecule has 0 spiro atoms. The molecule has 2 aliphatic rings. The third-order valence-corrected chi connectivity index (χ3v) is 5.28. The quantitative estimate of drug-likeness (QED) is 0.806. The van der Waals surface area contributed by atoms with Gasteiger partial charge in [-0.15, -0.1) is 0 Å². The van der Waals surface area contributed by atoms with Gasteiger partial charge >= 0.3 is 0 Å². The Kier molecular flexibility index (Phi) is 6.94. The molecule has 3 rings (SSSR count). The molecule has 2 N–H and O–H groups in total. The van der Waals surface area contributed by atoms with Gasteiger partial charge in [0.15, 0.2) is 0 Å². The average Bonchev–Trinajstić information content (AvgIpc) is 2.95. The summed E-state index contributed by atoms with van der Waals surface area (Å²) in [5.74, 6) is 0. The van der Waals surface area contributed by atoms with Crippen molar-refractivity contribution in [3.63, 3.8) is 0 Å². The number of rotatable bonds is 7. The summed E-state index contributed by atoms with van der Waals surface area (Å²) in [6, 6.07) is 8.95. The summed E-state index contributed by atoms with van der Waals surface area (Å²) in [6.45, 7) is 6.99. The fraction of sp³-hybridized carbons (Fsp3) is 0.700. The number of β-amino-alcohol motifs (C(OH)–C–C–N with tert-alkyl or cyclic N) is 1. The first-order chi connectivity index (χ1) is 11.8. The van der Waals surface area contributed by atoms with Gasteiger partial charge in [0.1, 0.15) is 0 Å². The maximum absolute atomic E-state index is 10.1. The van der Waals surface area contributed by atoms with E-state index in [-0.39, 0.29) is 6.10 Å². The van der Waals surface area contributed by atoms with Crippen molar-refractivity contribution in [1.29, 1.82) is 0 Å². The molecule has 1 aromatic carbocycles. The Morgan fingerprint density at radius 3 is 2.17 bits per heavy atom. The van der Waals surface area contributed by atoms with Gasteiger partial charge in [0, 0.05) is 38.4 Å². The summed E-state index contributed by atoms with van der Waals surface area (Å²) in [4.78, 5) is 4.88. The number of nitrogens with zero attached hydrogens (tertiary/aromatic N) is 2. The highest BCUT2D eigenvalue weighted by atomic mass is 16.3. The van der Waals surface area contributed by atoms with Crippen LogP contribution in [0.25, 0.3) is 0 Å². The van der Waals surface area contributed by atoms with Crippen molar-refractivity contribution in [2.45, 2.75) is 51.2 Å². The van der Waals surface area contributed by atoms with Crippen LogP contribution in [0.1, 0.15) is 44.1 Å². The highest BCUT2D eigenvalue weighted by Crippen LogP contribution is 2.20. The molecule has 2 aliphatic heterocycles. The van der Waals surface area contributed by atoms with E-state index in [0.717, 1.165) is 26.2 Å². The first-order valence-corrected chi connectivity index (χ1v) is 9.76. The molecular formula is C20H33N3O. The number of nitrogens with one attached hydrogen (secondary N) is 1. The molecule has 0 bridgehead atoms. The number of aliphatic hydroxyl groups excluding tert-OH is 1. The summed E-state index contributed by atoms with van der Waals surface area (Å²) in [6.07, 6.45) is 7.68. The van der Waals surface area contributed by atoms with Crippen molar-refractivity contribution >= 4 is 5.69 Å². The number of benzene rings is 1. The molecule has 0 amide bonds. The minimum atomic E-state index is -0.264. The first kappa shape index (κ1) is 17.7. The summed E-state index contributed by atoms with van der Waals surface area (Å²) in [7, 11) is 0. The van der Waals surface area contributed by atoms with Crippen molar-refractivity contribution in [3.8, 4) is 0 Å². The summed E-state index contributed by atoms with van der Waals surface area (Å²) < 4.78 is 0. The van der Waals surface area contributed by atoms with Gasteiger partial charge in [-0.05, 0) is 56.5 Å². The molecule has 4 heteroatoms. The van der Waals surface area contributed by atoms with Crippen LogP contribution in [0.2, 0.25) is 0 Å². The Bertz CT molecular complexity index is 462. The minimum absolute atomic E-state index is 0.264. The zero-order chi connectivity index (χ0) is 16.6. The van der Waals surface area contributed by atoms with Crippen LogP contribution in [0.5, 0.6) is 0 Å². The third-order valence-electron chi connectivity index (χ3n) is 5.28. The third kappa shape index (κ3) is 5.47. The highest BCUT2D eigenvalue weighted by molar-refractivity contribution is 5.47. The van der Waals surface area contributed by atoms with Crippen LogP contribution in [0.3, 0.4) is 0 Å². The first-order valence-electron chi connectivity index (χ1n) is 9.76. The van der Waals surface area contributed by atoms with Crippen LogP contribution in [0.4, 0.5) is 5.69 Å². The van der Waals surface area contributed by atoms with E-state index in [9.17, 15) is 5.11 Å². The fourth-order valence-electron chi connectivity index (χ4n) is 3.86. The van der Waals surface area contributed by atoms with E-state index in [1.807, 2.05) is 0 Å². The van der Waals surface area contributed by atoms with Crippen LogP contribution in [-0.4, -0.2) is 55.4 Å². The molecule has 0 saturated carbocycles. The minimum Gasteiger partial charge on any atom is -0.390 e. The lowest BCUT2D eigenvalue weighted by Crippen LogP contribution is -2.36. The van der Waals surface area contributed by atoms with Gasteiger partial charge < -0.3 is 20.2 Å². The van der Waals surface area contributed by atoms with Gasteiger partial charge in [0.2, 0.25) is 0 Å². The van der Waals surface area contributed by atoms with E-state index in [2.05, 4.69) is 39.4 Å². The molecule has 134 valence electrons. The van der Waals surface area contributed by atoms with Gasteiger partial charge in [-0.3, -0.25) is 0 Å². The number of likely N-dealkylation sites (tertiary alicyclic amines) is 1. The molecule has 0 radical (unpaired) electrons. The van der Waals surface area contributed by atoms with Gasteiger partial charge in [0.05, 0.1) is 6.10 Å². The highest BCUT2D eigenvalue weighted by Gasteiger charge is 2.15. The Morgan fingerprint density at radius 2 is 1.50 bits per heavy atom. The smallest absolute Gasteiger partial charge is 0.0791 e. The maximum atomic E-state index is 10.1. The Balaban J connectivity index is 1.39. The van der Waals surface area contributed by atoms with Crippen molar-refractivity contribution < 1.29 is 5.11 Å². The van der Waals surface area contributed by atoms with Crippen LogP contribution >= 0.6 is 0 Å². The van der Waals surface area contributed by atoms with E-state index in [1.165, 1.54) is 62.9 Å². The van der Waals surface area contributed by atoms with Crippen LogP contribution in [0, 0.1) is 0 Å². The molecule has 1 unspecified atom stereocenters. The van der Waals surface area contributed by atoms with Crippen LogP contribution in [-0.2, 0) is 6.54 Å². The second kappa shape index (κ2) is 9.40. The molecule has 1 atom stereocenters. The molecule has 0 aliphatic carbocycles. The predicted molar refractivity (Wildman–Crippen MR) is 101 cm³/mol. The Hall–Kier alpha value is -1.10. The lowest BCUT2D eigenvalue weighted by molar-refractivity contribution is 0.123. The van der Waals surface area contributed by atoms with E-state index >= 15 is 0 Å². The SMILES string of the molecule is OC(CNCc1ccc(N2CCCCCC2)cc1)CN1CCCC1. The average molecular weight is 332 g/mol. The second-order valence-electron chi connectivity index (χ2n) is 7.36. The van der Waals surface area contributed by atoms with Crippen LogP contribution in [0.15, 0.2) is 24.3 Å². The predicted octanol–water partition coefficient (Wildman–Crippen LogP) is 2.61. The molecule has 1 aromatic rings. The maximum Gasteiger partial charge on any atom is 0.0791 e. The number of aliphatic hydroxyl groups is 1. The fourth-order valence-corrected chi connectivity index (χ4v) is 3.86. The van der Waals surface area contributed by atoms with Crippen molar-refractivity contribution in [3.05, 3.63) is 29.8 Å². The van der Waals surface area contributed by atoms with E-state index in [1.54, 1.807) is 0 Å². The largest absolute Gasteiger partial charge is 0.390 e. The van der Waals surface area contributed by atoms with E-state index in [4.69, 9.17) is 0 Å². The number of hydrogen-bond acceptors (Lipinski definition) is 4. The lowest BCUT2D eigenvalue weighted by Gasteiger charge is -2.23. The molecule has 24 heavy (non-hydrogen) atoms. The lowest BCUT2D eigenvalue weighted by atomic mass is 10.2. The Labute approximate surface area is 146 Å². The summed E-state index contributed by atoms with van der Waals surface area (Å²) in [5.41, 5.74) is 2.65. The summed E-state index contributed by atoms with van der Waals surface area (Å²) in [5, 5.41) is 13.5. The van der Waals surface area contributed by atoms with E-state index in [0.29, 0.717) is 6.54 Å². The monoisotopic (exact) mass is 331 g/mol. The van der Waals surface area contributed by atoms with Gasteiger partial charge in [0.25, 0.3) is 0 Å². The van der Waals surface area contributed by atoms with Gasteiger partial charge in [-0.2, -0.15) is 0 Å². The van der Waals surface area contributed by atoms with Crippen molar-refractivity contribution in [2.75, 3.05) is 44.2 Å². The molecule has 0 aromatic heterocycles. The van der Waals surface area contributed by atoms with E-state index < -0.39 is 0 Å². The Morgan fingerprint density at radius 1 is 0.875 bits per heavy atom. The number of anilines is 1. The summed E-state index contributed by atoms with van der Waals surface area (Å²) >= 11 is 0. The zero-order valence-corrected chi connectivity index (χ0v) is 14.9. The molecule has 2 fully saturated rings. The molecule has 2 heterocycles. The van der Waals surface area contributed by atoms with Crippen molar-refractivity contribution in [1.82, 2.24) is 10.2 Å². The molecule has 2 saturated heterocycles. The van der Waals surface area contributed by atoms with Gasteiger partial charge in [-0.25, -0.2) is 0 Å². The standard InChI is InChI=1S/C20H33N3O/c24-20(17-22-11-5-6-12-22)16-21-15-18-7-9-19(10-8-18)23-13-3-1-2-4-14-23/h7-10,20-21,24H,1-6,11-17H2. The molecular weight excluding hydrogens is 298 g/mol. The topological polar surface area (TPSA) is 38.7 Å². The number of hydrogen-bond donors (Lipinski definition) is 2. The second-order valence-corrected chi connectivity index (χ2v) is 7.36. The van der Waals surface area contributed by atoms with Crippen LogP contribution < -0.4 is 10.2 Å². The van der Waals surface area contributed by atoms with Gasteiger partial charge in [-0.1, -0.05) is 25.0 Å².